The molecule has 0 bridgehead atoms. The fourth-order valence-electron chi connectivity index (χ4n) is 4.98. The molecule has 2 amide bonds. The number of benzene rings is 2. The van der Waals surface area contributed by atoms with Crippen molar-refractivity contribution in [3.63, 3.8) is 0 Å². The number of likely N-dealkylation sites (tertiary alicyclic amines) is 1. The number of halogens is 5. The number of para-hydroxylation sites is 1. The van der Waals surface area contributed by atoms with Gasteiger partial charge in [-0.3, -0.25) is 14.7 Å². The Labute approximate surface area is 208 Å². The second kappa shape index (κ2) is 9.40. The van der Waals surface area contributed by atoms with Crippen LogP contribution in [0.15, 0.2) is 36.5 Å². The van der Waals surface area contributed by atoms with Crippen LogP contribution in [-0.4, -0.2) is 52.7 Å². The highest BCUT2D eigenvalue weighted by atomic mass is 19.4. The highest BCUT2D eigenvalue weighted by Gasteiger charge is 2.42. The van der Waals surface area contributed by atoms with E-state index in [0.29, 0.717) is 30.1 Å². The smallest absolute Gasteiger partial charge is 0.381 e. The zero-order valence-corrected chi connectivity index (χ0v) is 19.6. The third-order valence-corrected chi connectivity index (χ3v) is 6.94. The largest absolute Gasteiger partial charge is 0.419 e. The molecule has 7 nitrogen and oxygen atoms in total. The van der Waals surface area contributed by atoms with E-state index >= 15 is 0 Å². The van der Waals surface area contributed by atoms with E-state index in [4.69, 9.17) is 4.74 Å². The number of carbonyl (C=O) groups is 2. The molecule has 5 rings (SSSR count). The van der Waals surface area contributed by atoms with Gasteiger partial charge in [-0.1, -0.05) is 19.1 Å². The number of carbonyl (C=O) groups excluding carboxylic acids is 2. The highest BCUT2D eigenvalue weighted by Crippen LogP contribution is 2.37. The van der Waals surface area contributed by atoms with Gasteiger partial charge in [-0.25, -0.2) is 8.78 Å². The van der Waals surface area contributed by atoms with Crippen LogP contribution < -0.4 is 5.32 Å². The molecule has 196 valence electrons. The van der Waals surface area contributed by atoms with E-state index in [2.05, 4.69) is 15.5 Å². The third kappa shape index (κ3) is 4.65. The molecule has 2 fully saturated rings. The predicted molar refractivity (Wildman–Crippen MR) is 121 cm³/mol. The van der Waals surface area contributed by atoms with Crippen LogP contribution in [-0.2, 0) is 15.7 Å². The van der Waals surface area contributed by atoms with Crippen LogP contribution in [0, 0.1) is 23.5 Å². The Hall–Kier alpha value is -3.54. The summed E-state index contributed by atoms with van der Waals surface area (Å²) in [6, 6.07) is 3.63. The molecule has 2 aliphatic heterocycles. The van der Waals surface area contributed by atoms with Crippen molar-refractivity contribution >= 4 is 22.7 Å². The van der Waals surface area contributed by atoms with Gasteiger partial charge < -0.3 is 15.0 Å². The number of rotatable bonds is 5. The Morgan fingerprint density at radius 1 is 1.19 bits per heavy atom. The number of amides is 2. The van der Waals surface area contributed by atoms with E-state index in [9.17, 15) is 31.5 Å². The molecular formula is C25H23F5N4O3. The van der Waals surface area contributed by atoms with Gasteiger partial charge in [0, 0.05) is 23.4 Å². The lowest BCUT2D eigenvalue weighted by molar-refractivity contribution is -0.140. The van der Waals surface area contributed by atoms with Crippen LogP contribution >= 0.6 is 0 Å². The fourth-order valence-corrected chi connectivity index (χ4v) is 4.98. The Balaban J connectivity index is 1.43. The molecule has 3 atom stereocenters. The van der Waals surface area contributed by atoms with Crippen LogP contribution in [0.3, 0.4) is 0 Å². The molecule has 2 saturated heterocycles. The van der Waals surface area contributed by atoms with Crippen LogP contribution in [0.1, 0.15) is 40.9 Å². The third-order valence-electron chi connectivity index (χ3n) is 6.94. The molecule has 3 aromatic rings. The maximum absolute atomic E-state index is 14.8. The standard InChI is InChI=1S/C25H23F5N4O3/c1-12-5-20(34(9-12)24(36)15-4-2-3-13-8-31-33-22(13)15)23(35)32-21(14-10-37-11-14)16-6-19(27)17(7-18(16)26)25(28,29)30/h2-4,6-8,12,14,20-21H,5,9-11H2,1H3,(H,31,33)(H,32,35)/t12-,20-,21-/m1/s1. The van der Waals surface area contributed by atoms with Crippen LogP contribution in [0.2, 0.25) is 0 Å². The Kier molecular flexibility index (Phi) is 6.38. The van der Waals surface area contributed by atoms with Gasteiger partial charge in [0.15, 0.2) is 0 Å². The summed E-state index contributed by atoms with van der Waals surface area (Å²) < 4.78 is 73.4. The Morgan fingerprint density at radius 3 is 2.62 bits per heavy atom. The van der Waals surface area contributed by atoms with E-state index in [1.165, 1.54) is 4.90 Å². The number of aromatic amines is 1. The normalized spacial score (nSPS) is 21.2. The van der Waals surface area contributed by atoms with Gasteiger partial charge in [0.1, 0.15) is 17.7 Å². The number of alkyl halides is 3. The molecule has 0 radical (unpaired) electrons. The number of fused-ring (bicyclic) bond motifs is 1. The lowest BCUT2D eigenvalue weighted by Crippen LogP contribution is -2.50. The van der Waals surface area contributed by atoms with Crippen molar-refractivity contribution in [2.24, 2.45) is 11.8 Å². The SMILES string of the molecule is C[C@@H]1C[C@H](C(=O)N[C@@H](c2cc(F)c(C(F)(F)F)cc2F)C2COC2)N(C(=O)c2cccc3cn[nH]c23)C1. The molecule has 0 unspecified atom stereocenters. The van der Waals surface area contributed by atoms with Gasteiger partial charge >= 0.3 is 6.18 Å². The first kappa shape index (κ1) is 25.1. The van der Waals surface area contributed by atoms with Gasteiger partial charge in [-0.05, 0) is 30.5 Å². The molecule has 2 N–H and O–H groups in total. The van der Waals surface area contributed by atoms with Crippen molar-refractivity contribution in [2.75, 3.05) is 19.8 Å². The van der Waals surface area contributed by atoms with Gasteiger partial charge in [0.25, 0.3) is 5.91 Å². The zero-order chi connectivity index (χ0) is 26.5. The number of aromatic nitrogens is 2. The number of hydrogen-bond acceptors (Lipinski definition) is 4. The Morgan fingerprint density at radius 2 is 1.95 bits per heavy atom. The summed E-state index contributed by atoms with van der Waals surface area (Å²) in [7, 11) is 0. The zero-order valence-electron chi connectivity index (χ0n) is 19.6. The number of nitrogens with zero attached hydrogens (tertiary/aromatic N) is 2. The van der Waals surface area contributed by atoms with E-state index < -0.39 is 58.8 Å². The molecule has 0 spiro atoms. The first-order valence-corrected chi connectivity index (χ1v) is 11.7. The summed E-state index contributed by atoms with van der Waals surface area (Å²) >= 11 is 0. The summed E-state index contributed by atoms with van der Waals surface area (Å²) in [5.74, 6) is -4.42. The Bertz CT molecular complexity index is 1350. The quantitative estimate of drug-likeness (QED) is 0.492. The molecule has 2 aliphatic rings. The van der Waals surface area contributed by atoms with Crippen molar-refractivity contribution in [1.29, 1.82) is 0 Å². The molecule has 12 heteroatoms. The first-order chi connectivity index (χ1) is 17.5. The lowest BCUT2D eigenvalue weighted by Gasteiger charge is -2.36. The minimum Gasteiger partial charge on any atom is -0.381 e. The van der Waals surface area contributed by atoms with Crippen molar-refractivity contribution in [1.82, 2.24) is 20.4 Å². The maximum Gasteiger partial charge on any atom is 0.419 e. The number of ether oxygens (including phenoxy) is 1. The van der Waals surface area contributed by atoms with Crippen molar-refractivity contribution in [3.8, 4) is 0 Å². The molecule has 1 aromatic heterocycles. The van der Waals surface area contributed by atoms with E-state index in [1.54, 1.807) is 24.4 Å². The minimum absolute atomic E-state index is 0.0218. The van der Waals surface area contributed by atoms with E-state index in [-0.39, 0.29) is 25.2 Å². The first-order valence-electron chi connectivity index (χ1n) is 11.7. The highest BCUT2D eigenvalue weighted by molar-refractivity contribution is 6.06. The van der Waals surface area contributed by atoms with Crippen molar-refractivity contribution in [2.45, 2.75) is 31.6 Å². The fraction of sp³-hybridized carbons (Fsp3) is 0.400. The summed E-state index contributed by atoms with van der Waals surface area (Å²) in [5.41, 5.74) is -1.27. The van der Waals surface area contributed by atoms with Gasteiger partial charge in [-0.15, -0.1) is 0 Å². The molecular weight excluding hydrogens is 499 g/mol. The number of nitrogens with one attached hydrogen (secondary N) is 2. The molecule has 2 aromatic carbocycles. The summed E-state index contributed by atoms with van der Waals surface area (Å²) in [4.78, 5) is 28.3. The average molecular weight is 522 g/mol. The van der Waals surface area contributed by atoms with Crippen molar-refractivity contribution < 1.29 is 36.3 Å². The van der Waals surface area contributed by atoms with E-state index in [0.717, 1.165) is 5.39 Å². The molecule has 3 heterocycles. The number of H-pyrrole nitrogens is 1. The van der Waals surface area contributed by atoms with Crippen LogP contribution in [0.4, 0.5) is 22.0 Å². The van der Waals surface area contributed by atoms with Crippen LogP contribution in [0.25, 0.3) is 10.9 Å². The maximum atomic E-state index is 14.8. The topological polar surface area (TPSA) is 87.3 Å². The van der Waals surface area contributed by atoms with Crippen molar-refractivity contribution in [3.05, 3.63) is 64.9 Å². The summed E-state index contributed by atoms with van der Waals surface area (Å²) in [5, 5.41) is 10.1. The molecule has 0 aliphatic carbocycles. The summed E-state index contributed by atoms with van der Waals surface area (Å²) in [6.07, 6.45) is -3.17. The lowest BCUT2D eigenvalue weighted by atomic mass is 9.89. The molecule has 37 heavy (non-hydrogen) atoms. The monoisotopic (exact) mass is 522 g/mol. The van der Waals surface area contributed by atoms with Gasteiger partial charge in [0.2, 0.25) is 5.91 Å². The predicted octanol–water partition coefficient (Wildman–Crippen LogP) is 4.21. The van der Waals surface area contributed by atoms with E-state index in [1.807, 2.05) is 6.92 Å². The van der Waals surface area contributed by atoms with Crippen LogP contribution in [0.5, 0.6) is 0 Å². The van der Waals surface area contributed by atoms with Gasteiger partial charge in [0.05, 0.1) is 42.1 Å². The molecule has 0 saturated carbocycles. The minimum atomic E-state index is -5.07. The second-order valence-electron chi connectivity index (χ2n) is 9.59. The number of hydrogen-bond donors (Lipinski definition) is 2. The average Bonchev–Trinajstić information content (AvgIpc) is 3.44. The summed E-state index contributed by atoms with van der Waals surface area (Å²) in [6.45, 7) is 2.39. The second-order valence-corrected chi connectivity index (χ2v) is 9.59. The van der Waals surface area contributed by atoms with Gasteiger partial charge in [-0.2, -0.15) is 18.3 Å².